The van der Waals surface area contributed by atoms with Gasteiger partial charge in [0.25, 0.3) is 0 Å². The van der Waals surface area contributed by atoms with Crippen LogP contribution in [0.15, 0.2) is 53.4 Å². The summed E-state index contributed by atoms with van der Waals surface area (Å²) in [5, 5.41) is 0. The van der Waals surface area contributed by atoms with Gasteiger partial charge in [-0.05, 0) is 57.0 Å². The van der Waals surface area contributed by atoms with Gasteiger partial charge < -0.3 is 14.7 Å². The van der Waals surface area contributed by atoms with Gasteiger partial charge in [0, 0.05) is 6.54 Å². The molecule has 0 spiro atoms. The average molecular weight is 391 g/mol. The van der Waals surface area contributed by atoms with E-state index >= 15 is 0 Å². The minimum absolute atomic E-state index is 0.0943. The standard InChI is InChI=1S/C20H25NO5S/c1-14(2)25-20(22)17(13-21)12-16-6-8-18(9-7-16)26-27(23,24)19-10-4-15(3)5-11-19/h4-11,14,17H,12-13,21H2,1-3H3. The highest BCUT2D eigenvalue weighted by Gasteiger charge is 2.20. The van der Waals surface area contributed by atoms with Crippen molar-refractivity contribution in [2.24, 2.45) is 11.7 Å². The van der Waals surface area contributed by atoms with Gasteiger partial charge in [0.1, 0.15) is 10.6 Å². The highest BCUT2D eigenvalue weighted by molar-refractivity contribution is 7.87. The number of esters is 1. The molecule has 0 amide bonds. The molecule has 6 nitrogen and oxygen atoms in total. The normalized spacial score (nSPS) is 12.6. The zero-order valence-electron chi connectivity index (χ0n) is 15.7. The van der Waals surface area contributed by atoms with Crippen molar-refractivity contribution in [3.05, 3.63) is 59.7 Å². The van der Waals surface area contributed by atoms with E-state index in [4.69, 9.17) is 14.7 Å². The van der Waals surface area contributed by atoms with Crippen LogP contribution in [-0.2, 0) is 26.1 Å². The Bertz CT molecular complexity index is 858. The summed E-state index contributed by atoms with van der Waals surface area (Å²) in [5.41, 5.74) is 7.48. The van der Waals surface area contributed by atoms with E-state index in [9.17, 15) is 13.2 Å². The number of ether oxygens (including phenoxy) is 1. The van der Waals surface area contributed by atoms with Crippen molar-refractivity contribution in [3.8, 4) is 5.75 Å². The Morgan fingerprint density at radius 2 is 1.63 bits per heavy atom. The van der Waals surface area contributed by atoms with E-state index in [1.54, 1.807) is 50.2 Å². The molecule has 0 aliphatic carbocycles. The van der Waals surface area contributed by atoms with Gasteiger partial charge >= 0.3 is 16.1 Å². The third-order valence-electron chi connectivity index (χ3n) is 3.89. The predicted molar refractivity (Wildman–Crippen MR) is 103 cm³/mol. The molecule has 1 unspecified atom stereocenters. The fourth-order valence-electron chi connectivity index (χ4n) is 2.44. The van der Waals surface area contributed by atoms with Crippen molar-refractivity contribution in [2.75, 3.05) is 6.54 Å². The van der Waals surface area contributed by atoms with Crippen molar-refractivity contribution >= 4 is 16.1 Å². The molecule has 7 heteroatoms. The molecular weight excluding hydrogens is 366 g/mol. The molecule has 0 radical (unpaired) electrons. The summed E-state index contributed by atoms with van der Waals surface area (Å²) in [6, 6.07) is 13.0. The van der Waals surface area contributed by atoms with Crippen molar-refractivity contribution in [2.45, 2.75) is 38.2 Å². The van der Waals surface area contributed by atoms with Crippen LogP contribution in [0.3, 0.4) is 0 Å². The molecule has 0 aromatic heterocycles. The lowest BCUT2D eigenvalue weighted by Gasteiger charge is -2.16. The molecule has 0 fully saturated rings. The summed E-state index contributed by atoms with van der Waals surface area (Å²) in [6.45, 7) is 5.62. The third kappa shape index (κ3) is 6.08. The first-order valence-corrected chi connectivity index (χ1v) is 10.1. The van der Waals surface area contributed by atoms with E-state index in [0.717, 1.165) is 11.1 Å². The molecular formula is C20H25NO5S. The second-order valence-corrected chi connectivity index (χ2v) is 8.16. The second-order valence-electron chi connectivity index (χ2n) is 6.62. The molecule has 0 heterocycles. The third-order valence-corrected chi connectivity index (χ3v) is 5.15. The second kappa shape index (κ2) is 9.01. The van der Waals surface area contributed by atoms with Gasteiger partial charge in [0.2, 0.25) is 0 Å². The lowest BCUT2D eigenvalue weighted by atomic mass is 9.99. The molecule has 0 aliphatic rings. The summed E-state index contributed by atoms with van der Waals surface area (Å²) in [7, 11) is -3.89. The van der Waals surface area contributed by atoms with Crippen LogP contribution in [-0.4, -0.2) is 27.0 Å². The largest absolute Gasteiger partial charge is 0.463 e. The van der Waals surface area contributed by atoms with Crippen molar-refractivity contribution in [1.82, 2.24) is 0 Å². The Hall–Kier alpha value is -2.38. The van der Waals surface area contributed by atoms with Crippen molar-refractivity contribution in [3.63, 3.8) is 0 Å². The number of benzene rings is 2. The molecule has 2 aromatic rings. The molecule has 2 N–H and O–H groups in total. The summed E-state index contributed by atoms with van der Waals surface area (Å²) < 4.78 is 35.0. The van der Waals surface area contributed by atoms with Gasteiger partial charge in [-0.1, -0.05) is 29.8 Å². The van der Waals surface area contributed by atoms with Crippen molar-refractivity contribution < 1.29 is 22.1 Å². The molecule has 1 atom stereocenters. The number of rotatable bonds is 8. The topological polar surface area (TPSA) is 95.7 Å². The van der Waals surface area contributed by atoms with E-state index in [-0.39, 0.29) is 29.3 Å². The smallest absolute Gasteiger partial charge is 0.339 e. The van der Waals surface area contributed by atoms with Crippen LogP contribution in [0.5, 0.6) is 5.75 Å². The van der Waals surface area contributed by atoms with Crippen LogP contribution in [0.25, 0.3) is 0 Å². The first-order valence-electron chi connectivity index (χ1n) is 8.72. The first kappa shape index (κ1) is 20.9. The minimum atomic E-state index is -3.89. The van der Waals surface area contributed by atoms with Gasteiger partial charge in [-0.3, -0.25) is 4.79 Å². The molecule has 2 aromatic carbocycles. The first-order chi connectivity index (χ1) is 12.7. The number of carbonyl (C=O) groups is 1. The van der Waals surface area contributed by atoms with Crippen LogP contribution >= 0.6 is 0 Å². The van der Waals surface area contributed by atoms with Crippen molar-refractivity contribution in [1.29, 1.82) is 0 Å². The number of carbonyl (C=O) groups excluding carboxylic acids is 1. The Balaban J connectivity index is 2.06. The Morgan fingerprint density at radius 3 is 2.15 bits per heavy atom. The molecule has 27 heavy (non-hydrogen) atoms. The minimum Gasteiger partial charge on any atom is -0.463 e. The predicted octanol–water partition coefficient (Wildman–Crippen LogP) is 2.83. The lowest BCUT2D eigenvalue weighted by molar-refractivity contribution is -0.152. The molecule has 0 aliphatic heterocycles. The van der Waals surface area contributed by atoms with E-state index in [1.165, 1.54) is 12.1 Å². The average Bonchev–Trinajstić information content (AvgIpc) is 2.60. The number of hydrogen-bond donors (Lipinski definition) is 1. The fraction of sp³-hybridized carbons (Fsp3) is 0.350. The SMILES string of the molecule is Cc1ccc(S(=O)(=O)Oc2ccc(CC(CN)C(=O)OC(C)C)cc2)cc1. The summed E-state index contributed by atoms with van der Waals surface area (Å²) in [4.78, 5) is 12.1. The quantitative estimate of drug-likeness (QED) is 0.549. The van der Waals surface area contributed by atoms with E-state index < -0.39 is 16.0 Å². The molecule has 146 valence electrons. The highest BCUT2D eigenvalue weighted by Crippen LogP contribution is 2.21. The monoisotopic (exact) mass is 391 g/mol. The number of hydrogen-bond acceptors (Lipinski definition) is 6. The highest BCUT2D eigenvalue weighted by atomic mass is 32.2. The summed E-state index contributed by atoms with van der Waals surface area (Å²) in [5.74, 6) is -0.585. The van der Waals surface area contributed by atoms with E-state index in [2.05, 4.69) is 0 Å². The van der Waals surface area contributed by atoms with Gasteiger partial charge in [-0.25, -0.2) is 0 Å². The zero-order valence-corrected chi connectivity index (χ0v) is 16.5. The van der Waals surface area contributed by atoms with Crippen LogP contribution in [0.1, 0.15) is 25.0 Å². The van der Waals surface area contributed by atoms with Gasteiger partial charge in [-0.2, -0.15) is 8.42 Å². The van der Waals surface area contributed by atoms with Crippen LogP contribution in [0.4, 0.5) is 0 Å². The summed E-state index contributed by atoms with van der Waals surface area (Å²) >= 11 is 0. The maximum atomic E-state index is 12.3. The van der Waals surface area contributed by atoms with Crippen LogP contribution in [0, 0.1) is 12.8 Å². The molecule has 0 saturated heterocycles. The number of aryl methyl sites for hydroxylation is 1. The van der Waals surface area contributed by atoms with Crippen LogP contribution < -0.4 is 9.92 Å². The van der Waals surface area contributed by atoms with Gasteiger partial charge in [0.15, 0.2) is 0 Å². The maximum Gasteiger partial charge on any atom is 0.339 e. The van der Waals surface area contributed by atoms with E-state index in [1.807, 2.05) is 6.92 Å². The van der Waals surface area contributed by atoms with Crippen LogP contribution in [0.2, 0.25) is 0 Å². The lowest BCUT2D eigenvalue weighted by Crippen LogP contribution is -2.29. The van der Waals surface area contributed by atoms with Gasteiger partial charge in [-0.15, -0.1) is 0 Å². The van der Waals surface area contributed by atoms with Gasteiger partial charge in [0.05, 0.1) is 12.0 Å². The Labute approximate surface area is 160 Å². The molecule has 0 bridgehead atoms. The molecule has 0 saturated carbocycles. The Morgan fingerprint density at radius 1 is 1.04 bits per heavy atom. The Kier molecular flexibility index (Phi) is 6.98. The maximum absolute atomic E-state index is 12.3. The molecule has 2 rings (SSSR count). The summed E-state index contributed by atoms with van der Waals surface area (Å²) in [6.07, 6.45) is 0.210. The number of nitrogens with two attached hydrogens (primary N) is 1. The zero-order chi connectivity index (χ0) is 20.0. The van der Waals surface area contributed by atoms with E-state index in [0.29, 0.717) is 6.42 Å². The fourth-order valence-corrected chi connectivity index (χ4v) is 3.37.